The molecule has 0 aliphatic carbocycles. The summed E-state index contributed by atoms with van der Waals surface area (Å²) in [6.45, 7) is 7.56. The van der Waals surface area contributed by atoms with E-state index in [0.717, 1.165) is 0 Å². The maximum Gasteiger partial charge on any atom is 0.309 e. The zero-order valence-corrected chi connectivity index (χ0v) is 10.5. The highest BCUT2D eigenvalue weighted by atomic mass is 16.7. The first-order chi connectivity index (χ1) is 8.10. The van der Waals surface area contributed by atoms with Crippen LogP contribution in [0, 0.1) is 0 Å². The van der Waals surface area contributed by atoms with Crippen molar-refractivity contribution in [2.24, 2.45) is 0 Å². The topological polar surface area (TPSA) is 61.8 Å². The number of carbonyl (C=O) groups is 2. The Bertz CT molecular complexity index is 260. The molecule has 0 rings (SSSR count). The number of esters is 2. The van der Waals surface area contributed by atoms with E-state index in [1.165, 1.54) is 0 Å². The first kappa shape index (κ1) is 15.5. The molecule has 0 aromatic rings. The van der Waals surface area contributed by atoms with Gasteiger partial charge >= 0.3 is 11.9 Å². The summed E-state index contributed by atoms with van der Waals surface area (Å²) in [5.74, 6) is -0.249. The van der Waals surface area contributed by atoms with Gasteiger partial charge in [0.2, 0.25) is 6.79 Å². The van der Waals surface area contributed by atoms with E-state index in [4.69, 9.17) is 9.47 Å². The van der Waals surface area contributed by atoms with Crippen LogP contribution < -0.4 is 0 Å². The second-order valence-corrected chi connectivity index (χ2v) is 3.37. The average Bonchev–Trinajstić information content (AvgIpc) is 2.27. The van der Waals surface area contributed by atoms with E-state index >= 15 is 0 Å². The summed E-state index contributed by atoms with van der Waals surface area (Å²) < 4.78 is 14.5. The Labute approximate surface area is 102 Å². The summed E-state index contributed by atoms with van der Waals surface area (Å²) in [6, 6.07) is 0. The molecule has 0 N–H and O–H groups in total. The minimum absolute atomic E-state index is 0.171. The number of hydrogen-bond acceptors (Lipinski definition) is 5. The zero-order valence-electron chi connectivity index (χ0n) is 10.5. The maximum atomic E-state index is 11.2. The Balaban J connectivity index is 3.53. The second-order valence-electron chi connectivity index (χ2n) is 3.37. The van der Waals surface area contributed by atoms with Crippen molar-refractivity contribution in [3.8, 4) is 0 Å². The maximum absolute atomic E-state index is 11.2. The average molecular weight is 244 g/mol. The highest BCUT2D eigenvalue weighted by Crippen LogP contribution is 2.05. The van der Waals surface area contributed by atoms with Crippen LogP contribution >= 0.6 is 0 Å². The second kappa shape index (κ2) is 9.69. The molecule has 5 heteroatoms. The Morgan fingerprint density at radius 3 is 2.06 bits per heavy atom. The third kappa shape index (κ3) is 9.41. The van der Waals surface area contributed by atoms with Crippen LogP contribution in [0.2, 0.25) is 0 Å². The summed E-state index contributed by atoms with van der Waals surface area (Å²) in [5, 5.41) is 0. The first-order valence-electron chi connectivity index (χ1n) is 5.72. The van der Waals surface area contributed by atoms with Gasteiger partial charge in [0.05, 0.1) is 18.8 Å². The molecule has 0 amide bonds. The third-order valence-electron chi connectivity index (χ3n) is 1.85. The van der Waals surface area contributed by atoms with Crippen LogP contribution in [0.4, 0.5) is 0 Å². The molecule has 0 heterocycles. The lowest BCUT2D eigenvalue weighted by Crippen LogP contribution is -2.12. The van der Waals surface area contributed by atoms with Crippen molar-refractivity contribution in [3.63, 3.8) is 0 Å². The monoisotopic (exact) mass is 244 g/mol. The molecule has 0 bridgehead atoms. The van der Waals surface area contributed by atoms with Crippen LogP contribution in [0.25, 0.3) is 0 Å². The van der Waals surface area contributed by atoms with Crippen molar-refractivity contribution < 1.29 is 23.8 Å². The van der Waals surface area contributed by atoms with E-state index < -0.39 is 5.97 Å². The predicted octanol–water partition coefficient (Wildman–Crippen LogP) is 2.16. The Hall–Kier alpha value is -1.52. The van der Waals surface area contributed by atoms with Gasteiger partial charge in [-0.3, -0.25) is 9.59 Å². The number of carbonyl (C=O) groups excluding carboxylic acids is 2. The van der Waals surface area contributed by atoms with Crippen LogP contribution in [0.5, 0.6) is 0 Å². The van der Waals surface area contributed by atoms with Crippen molar-refractivity contribution in [2.45, 2.75) is 39.5 Å². The fraction of sp³-hybridized carbons (Fsp3) is 0.667. The van der Waals surface area contributed by atoms with Crippen molar-refractivity contribution in [3.05, 3.63) is 12.3 Å². The smallest absolute Gasteiger partial charge is 0.309 e. The Kier molecular flexibility index (Phi) is 8.82. The number of ether oxygens (including phenoxy) is 3. The SMILES string of the molecule is C=C(CCC(=O)OCOC(=O)CCC)OCC. The van der Waals surface area contributed by atoms with E-state index in [1.54, 1.807) is 0 Å². The van der Waals surface area contributed by atoms with E-state index in [1.807, 2.05) is 13.8 Å². The van der Waals surface area contributed by atoms with Crippen molar-refractivity contribution in [2.75, 3.05) is 13.4 Å². The normalized spacial score (nSPS) is 9.53. The molecule has 5 nitrogen and oxygen atoms in total. The largest absolute Gasteiger partial charge is 0.499 e. The molecule has 0 spiro atoms. The fourth-order valence-corrected chi connectivity index (χ4v) is 1.03. The van der Waals surface area contributed by atoms with Gasteiger partial charge in [-0.25, -0.2) is 0 Å². The molecular formula is C12H20O5. The summed E-state index contributed by atoms with van der Waals surface area (Å²) in [4.78, 5) is 22.1. The Morgan fingerprint density at radius 2 is 1.53 bits per heavy atom. The molecule has 0 saturated heterocycles. The predicted molar refractivity (Wildman–Crippen MR) is 62.0 cm³/mol. The van der Waals surface area contributed by atoms with Gasteiger partial charge in [0, 0.05) is 12.8 Å². The van der Waals surface area contributed by atoms with Gasteiger partial charge in [0.25, 0.3) is 0 Å². The van der Waals surface area contributed by atoms with Crippen molar-refractivity contribution >= 4 is 11.9 Å². The summed E-state index contributed by atoms with van der Waals surface area (Å²) in [7, 11) is 0. The van der Waals surface area contributed by atoms with Gasteiger partial charge in [0.1, 0.15) is 0 Å². The van der Waals surface area contributed by atoms with Crippen LogP contribution in [0.3, 0.4) is 0 Å². The lowest BCUT2D eigenvalue weighted by Gasteiger charge is -2.07. The number of allylic oxidation sites excluding steroid dienone is 1. The van der Waals surface area contributed by atoms with Gasteiger partial charge in [-0.1, -0.05) is 13.5 Å². The molecule has 0 aromatic heterocycles. The van der Waals surface area contributed by atoms with Crippen molar-refractivity contribution in [1.82, 2.24) is 0 Å². The Morgan fingerprint density at radius 1 is 0.941 bits per heavy atom. The molecule has 0 aliphatic rings. The van der Waals surface area contributed by atoms with Crippen LogP contribution in [-0.2, 0) is 23.8 Å². The minimum atomic E-state index is -0.435. The van der Waals surface area contributed by atoms with E-state index in [0.29, 0.717) is 31.6 Å². The third-order valence-corrected chi connectivity index (χ3v) is 1.85. The van der Waals surface area contributed by atoms with Crippen LogP contribution in [0.15, 0.2) is 12.3 Å². The quantitative estimate of drug-likeness (QED) is 0.353. The number of rotatable bonds is 9. The van der Waals surface area contributed by atoms with Crippen LogP contribution in [-0.4, -0.2) is 25.3 Å². The summed E-state index contributed by atoms with van der Waals surface area (Å²) in [5.41, 5.74) is 0. The van der Waals surface area contributed by atoms with Gasteiger partial charge in [-0.2, -0.15) is 0 Å². The first-order valence-corrected chi connectivity index (χ1v) is 5.72. The standard InChI is InChI=1S/C12H20O5/c1-4-6-11(13)16-9-17-12(14)8-7-10(3)15-5-2/h3-9H2,1-2H3. The van der Waals surface area contributed by atoms with E-state index in [2.05, 4.69) is 11.3 Å². The molecule has 0 atom stereocenters. The molecule has 17 heavy (non-hydrogen) atoms. The summed E-state index contributed by atoms with van der Waals surface area (Å²) in [6.07, 6.45) is 1.62. The van der Waals surface area contributed by atoms with Gasteiger partial charge in [-0.05, 0) is 13.3 Å². The molecule has 0 radical (unpaired) electrons. The van der Waals surface area contributed by atoms with Gasteiger partial charge < -0.3 is 14.2 Å². The van der Waals surface area contributed by atoms with E-state index in [-0.39, 0.29) is 19.2 Å². The molecule has 0 aromatic carbocycles. The van der Waals surface area contributed by atoms with Crippen molar-refractivity contribution in [1.29, 1.82) is 0 Å². The molecular weight excluding hydrogens is 224 g/mol. The lowest BCUT2D eigenvalue weighted by atomic mass is 10.3. The minimum Gasteiger partial charge on any atom is -0.499 e. The number of hydrogen-bond donors (Lipinski definition) is 0. The van der Waals surface area contributed by atoms with Gasteiger partial charge in [0.15, 0.2) is 0 Å². The van der Waals surface area contributed by atoms with E-state index in [9.17, 15) is 9.59 Å². The zero-order chi connectivity index (χ0) is 13.1. The van der Waals surface area contributed by atoms with Crippen LogP contribution in [0.1, 0.15) is 39.5 Å². The highest BCUT2D eigenvalue weighted by Gasteiger charge is 2.06. The molecule has 0 saturated carbocycles. The highest BCUT2D eigenvalue weighted by molar-refractivity contribution is 5.71. The lowest BCUT2D eigenvalue weighted by molar-refractivity contribution is -0.167. The fourth-order valence-electron chi connectivity index (χ4n) is 1.03. The molecule has 98 valence electrons. The molecule has 0 aliphatic heterocycles. The molecule has 0 unspecified atom stereocenters. The molecule has 0 fully saturated rings. The summed E-state index contributed by atoms with van der Waals surface area (Å²) >= 11 is 0. The van der Waals surface area contributed by atoms with Gasteiger partial charge in [-0.15, -0.1) is 0 Å².